The molecule has 2 aromatic carbocycles. The Kier molecular flexibility index (Phi) is 10.4. The summed E-state index contributed by atoms with van der Waals surface area (Å²) in [6.45, 7) is 1.84. The number of carbonyl (C=O) groups is 2. The van der Waals surface area contributed by atoms with Crippen molar-refractivity contribution in [2.45, 2.75) is 44.5 Å². The number of carbonyl (C=O) groups excluding carboxylic acids is 2. The summed E-state index contributed by atoms with van der Waals surface area (Å²) in [5, 5.41) is 4.04. The molecule has 14 heteroatoms. The van der Waals surface area contributed by atoms with Gasteiger partial charge in [0.05, 0.1) is 32.7 Å². The summed E-state index contributed by atoms with van der Waals surface area (Å²) in [6, 6.07) is 5.77. The molecule has 0 saturated heterocycles. The molecular formula is C23H18BrCl3F6N2O2. The van der Waals surface area contributed by atoms with Crippen molar-refractivity contribution in [2.24, 2.45) is 0 Å². The van der Waals surface area contributed by atoms with E-state index in [0.717, 1.165) is 24.3 Å². The first kappa shape index (κ1) is 31.3. The fourth-order valence-corrected chi connectivity index (χ4v) is 4.34. The average molecular weight is 655 g/mol. The molecule has 0 aliphatic heterocycles. The fourth-order valence-electron chi connectivity index (χ4n) is 3.17. The summed E-state index contributed by atoms with van der Waals surface area (Å²) >= 11 is 20.8. The summed E-state index contributed by atoms with van der Waals surface area (Å²) in [4.78, 5) is 23.8. The van der Waals surface area contributed by atoms with Crippen LogP contribution in [0.2, 0.25) is 15.1 Å². The van der Waals surface area contributed by atoms with Crippen LogP contribution in [0.4, 0.5) is 26.3 Å². The van der Waals surface area contributed by atoms with Gasteiger partial charge in [-0.25, -0.2) is 13.2 Å². The van der Waals surface area contributed by atoms with Gasteiger partial charge in [-0.1, -0.05) is 40.9 Å². The lowest BCUT2D eigenvalue weighted by Gasteiger charge is -2.22. The summed E-state index contributed by atoms with van der Waals surface area (Å²) in [6.07, 6.45) is -6.91. The predicted octanol–water partition coefficient (Wildman–Crippen LogP) is 8.30. The van der Waals surface area contributed by atoms with Gasteiger partial charge in [-0.3, -0.25) is 9.59 Å². The second kappa shape index (κ2) is 12.3. The highest BCUT2D eigenvalue weighted by atomic mass is 79.9. The second-order valence-electron chi connectivity index (χ2n) is 8.00. The molecule has 2 aromatic rings. The third kappa shape index (κ3) is 9.08. The minimum atomic E-state index is -4.71. The lowest BCUT2D eigenvalue weighted by molar-refractivity contribution is -0.154. The highest BCUT2D eigenvalue weighted by molar-refractivity contribution is 9.10. The zero-order valence-corrected chi connectivity index (χ0v) is 22.8. The number of benzene rings is 2. The van der Waals surface area contributed by atoms with E-state index in [1.165, 1.54) is 13.0 Å². The van der Waals surface area contributed by atoms with Crippen molar-refractivity contribution < 1.29 is 35.9 Å². The molecule has 0 bridgehead atoms. The van der Waals surface area contributed by atoms with Crippen LogP contribution in [0.15, 0.2) is 40.9 Å². The lowest BCUT2D eigenvalue weighted by atomic mass is 9.92. The Balaban J connectivity index is 2.26. The molecule has 2 N–H and O–H groups in total. The summed E-state index contributed by atoms with van der Waals surface area (Å²) < 4.78 is 80.7. The molecule has 0 heterocycles. The zero-order chi connectivity index (χ0) is 28.3. The van der Waals surface area contributed by atoms with E-state index in [-0.39, 0.29) is 36.2 Å². The molecule has 0 aliphatic carbocycles. The number of amides is 2. The highest BCUT2D eigenvalue weighted by Gasteiger charge is 2.35. The average Bonchev–Trinajstić information content (AvgIpc) is 2.72. The third-order valence-corrected chi connectivity index (χ3v) is 6.65. The van der Waals surface area contributed by atoms with Gasteiger partial charge >= 0.3 is 6.18 Å². The molecule has 2 atom stereocenters. The van der Waals surface area contributed by atoms with Crippen LogP contribution < -0.4 is 10.6 Å². The number of allylic oxidation sites excluding steroid dienone is 1. The van der Waals surface area contributed by atoms with Crippen molar-refractivity contribution in [2.75, 3.05) is 0 Å². The maximum absolute atomic E-state index is 15.1. The Bertz CT molecular complexity index is 1190. The number of hydrogen-bond donors (Lipinski definition) is 2. The molecule has 2 rings (SSSR count). The topological polar surface area (TPSA) is 58.2 Å². The Morgan fingerprint density at radius 3 is 2.08 bits per heavy atom. The molecule has 1 unspecified atom stereocenters. The molecule has 37 heavy (non-hydrogen) atoms. The van der Waals surface area contributed by atoms with Gasteiger partial charge in [0, 0.05) is 17.0 Å². The maximum atomic E-state index is 15.1. The molecule has 0 aliphatic rings. The first-order chi connectivity index (χ1) is 16.9. The number of alkyl halides is 5. The van der Waals surface area contributed by atoms with Crippen molar-refractivity contribution in [3.8, 4) is 0 Å². The first-order valence-corrected chi connectivity index (χ1v) is 12.2. The van der Waals surface area contributed by atoms with Crippen molar-refractivity contribution in [1.29, 1.82) is 0 Å². The fraction of sp³-hybridized carbons (Fsp3) is 0.304. The van der Waals surface area contributed by atoms with Crippen LogP contribution in [0.25, 0.3) is 5.83 Å². The van der Waals surface area contributed by atoms with Gasteiger partial charge in [0.1, 0.15) is 12.2 Å². The smallest absolute Gasteiger partial charge is 0.336 e. The van der Waals surface area contributed by atoms with Crippen molar-refractivity contribution in [1.82, 2.24) is 10.6 Å². The lowest BCUT2D eigenvalue weighted by Crippen LogP contribution is -2.46. The van der Waals surface area contributed by atoms with Crippen LogP contribution in [-0.4, -0.2) is 30.1 Å². The minimum absolute atomic E-state index is 0.0401. The molecule has 202 valence electrons. The van der Waals surface area contributed by atoms with E-state index in [0.29, 0.717) is 13.0 Å². The molecule has 0 fully saturated rings. The monoisotopic (exact) mass is 652 g/mol. The Hall–Kier alpha value is -1.95. The van der Waals surface area contributed by atoms with Gasteiger partial charge < -0.3 is 10.6 Å². The first-order valence-electron chi connectivity index (χ1n) is 10.3. The minimum Gasteiger partial charge on any atom is -0.336 e. The molecule has 4 nitrogen and oxygen atoms in total. The van der Waals surface area contributed by atoms with Crippen LogP contribution >= 0.6 is 50.7 Å². The van der Waals surface area contributed by atoms with Crippen LogP contribution in [0.1, 0.15) is 47.7 Å². The normalized spacial score (nSPS) is 14.2. The van der Waals surface area contributed by atoms with Gasteiger partial charge in [0.25, 0.3) is 11.8 Å². The Morgan fingerprint density at radius 1 is 1.03 bits per heavy atom. The van der Waals surface area contributed by atoms with Gasteiger partial charge in [-0.15, -0.1) is 0 Å². The molecule has 0 radical (unpaired) electrons. The van der Waals surface area contributed by atoms with Crippen molar-refractivity contribution in [3.63, 3.8) is 0 Å². The van der Waals surface area contributed by atoms with Gasteiger partial charge in [-0.05, 0) is 58.8 Å². The molecule has 0 saturated carbocycles. The van der Waals surface area contributed by atoms with Gasteiger partial charge in [0.15, 0.2) is 0 Å². The highest BCUT2D eigenvalue weighted by Crippen LogP contribution is 2.41. The van der Waals surface area contributed by atoms with Crippen molar-refractivity contribution >= 4 is 68.4 Å². The Morgan fingerprint density at radius 2 is 1.59 bits per heavy atom. The quantitative estimate of drug-likeness (QED) is 0.171. The van der Waals surface area contributed by atoms with Gasteiger partial charge in [-0.2, -0.15) is 13.2 Å². The molecule has 0 spiro atoms. The second-order valence-corrected chi connectivity index (χ2v) is 10.0. The van der Waals surface area contributed by atoms with E-state index in [4.69, 9.17) is 34.8 Å². The van der Waals surface area contributed by atoms with E-state index in [2.05, 4.69) is 21.2 Å². The standard InChI is InChI=1S/C23H18BrCl3F6N2O2/c1-10(34-19(36)9-23(31,32)33)35-21(37)13-4-3-11(5-15(13)24)18(28)8-14(22(2,29)30)12-6-16(25)20(27)17(26)7-12/h3-8,10,14H,9H2,1-2H3,(H,34,36)(H,35,37)/b18-8-/t10-,14?/m1/s1. The van der Waals surface area contributed by atoms with Crippen molar-refractivity contribution in [3.05, 3.63) is 72.6 Å². The third-order valence-electron chi connectivity index (χ3n) is 4.80. The number of rotatable bonds is 8. The van der Waals surface area contributed by atoms with E-state index in [1.54, 1.807) is 0 Å². The van der Waals surface area contributed by atoms with Crippen LogP contribution in [0, 0.1) is 0 Å². The van der Waals surface area contributed by atoms with E-state index >= 15 is 4.39 Å². The molecular weight excluding hydrogens is 637 g/mol. The predicted molar refractivity (Wildman–Crippen MR) is 134 cm³/mol. The summed E-state index contributed by atoms with van der Waals surface area (Å²) in [5.41, 5.74) is -0.295. The number of halogens is 10. The summed E-state index contributed by atoms with van der Waals surface area (Å²) in [7, 11) is 0. The Labute approximate surface area is 231 Å². The SMILES string of the molecule is C[C@H](NC(=O)CC(F)(F)F)NC(=O)c1ccc(/C(F)=C/C(c2cc(Cl)c(Cl)c(Cl)c2)C(C)(F)F)cc1Br. The maximum Gasteiger partial charge on any atom is 0.397 e. The summed E-state index contributed by atoms with van der Waals surface area (Å²) in [5.74, 6) is -8.39. The molecule has 2 amide bonds. The largest absolute Gasteiger partial charge is 0.397 e. The van der Waals surface area contributed by atoms with Crippen LogP contribution in [0.5, 0.6) is 0 Å². The zero-order valence-electron chi connectivity index (χ0n) is 18.9. The van der Waals surface area contributed by atoms with E-state index < -0.39 is 48.2 Å². The number of nitrogens with one attached hydrogen (secondary N) is 2. The molecule has 0 aromatic heterocycles. The van der Waals surface area contributed by atoms with Crippen LogP contribution in [-0.2, 0) is 4.79 Å². The van der Waals surface area contributed by atoms with Gasteiger partial charge in [0.2, 0.25) is 5.91 Å². The van der Waals surface area contributed by atoms with Crippen LogP contribution in [0.3, 0.4) is 0 Å². The van der Waals surface area contributed by atoms with E-state index in [1.807, 2.05) is 5.32 Å². The number of hydrogen-bond acceptors (Lipinski definition) is 2. The van der Waals surface area contributed by atoms with E-state index in [9.17, 15) is 31.5 Å².